The number of hydrogen-bond donors (Lipinski definition) is 1. The van der Waals surface area contributed by atoms with Gasteiger partial charge in [0.1, 0.15) is 0 Å². The number of fused-ring (bicyclic) bond motifs is 2. The first-order valence-corrected chi connectivity index (χ1v) is 7.19. The van der Waals surface area contributed by atoms with Gasteiger partial charge in [0.05, 0.1) is 6.04 Å². The van der Waals surface area contributed by atoms with E-state index in [1.165, 1.54) is 5.56 Å². The first kappa shape index (κ1) is 12.2. The summed E-state index contributed by atoms with van der Waals surface area (Å²) in [7, 11) is 0. The number of benzene rings is 3. The molecular formula is C19H15NO. The molecule has 1 heterocycles. The molecule has 1 atom stereocenters. The Morgan fingerprint density at radius 3 is 2.52 bits per heavy atom. The van der Waals surface area contributed by atoms with Crippen LogP contribution in [0, 0.1) is 0 Å². The number of carbonyl (C=O) groups excluding carboxylic acids is 1. The Balaban J connectivity index is 1.65. The topological polar surface area (TPSA) is 29.1 Å². The van der Waals surface area contributed by atoms with E-state index in [0.29, 0.717) is 0 Å². The number of Topliss-reactive ketones (excluding diaryl/α,β-unsaturated/α-hetero) is 1. The van der Waals surface area contributed by atoms with E-state index in [-0.39, 0.29) is 11.8 Å². The number of rotatable bonds is 2. The lowest BCUT2D eigenvalue weighted by Crippen LogP contribution is -2.26. The fraction of sp³-hybridized carbons (Fsp3) is 0.105. The molecule has 3 aromatic carbocycles. The molecule has 0 amide bonds. The number of hydrogen-bond acceptors (Lipinski definition) is 2. The van der Waals surface area contributed by atoms with Crippen molar-refractivity contribution in [1.29, 1.82) is 0 Å². The zero-order valence-corrected chi connectivity index (χ0v) is 11.5. The Morgan fingerprint density at radius 1 is 0.905 bits per heavy atom. The fourth-order valence-corrected chi connectivity index (χ4v) is 3.00. The standard InChI is InChI=1S/C19H15NO/c21-19(18-12-15-7-3-4-8-17(15)20-18)16-10-9-13-5-1-2-6-14(13)11-16/h1-11,18,20H,12H2. The molecule has 21 heavy (non-hydrogen) atoms. The second-order valence-corrected chi connectivity index (χ2v) is 5.48. The third kappa shape index (κ3) is 2.09. The summed E-state index contributed by atoms with van der Waals surface area (Å²) in [5, 5.41) is 5.60. The predicted molar refractivity (Wildman–Crippen MR) is 85.8 cm³/mol. The van der Waals surface area contributed by atoms with Crippen LogP contribution >= 0.6 is 0 Å². The lowest BCUT2D eigenvalue weighted by molar-refractivity contribution is 0.0972. The number of nitrogens with one attached hydrogen (secondary N) is 1. The summed E-state index contributed by atoms with van der Waals surface area (Å²) in [4.78, 5) is 12.7. The highest BCUT2D eigenvalue weighted by Crippen LogP contribution is 2.27. The molecule has 0 radical (unpaired) electrons. The molecule has 0 aliphatic carbocycles. The van der Waals surface area contributed by atoms with Gasteiger partial charge in [-0.1, -0.05) is 54.6 Å². The summed E-state index contributed by atoms with van der Waals surface area (Å²) in [6.45, 7) is 0. The molecule has 0 aromatic heterocycles. The molecule has 0 fully saturated rings. The smallest absolute Gasteiger partial charge is 0.185 e. The summed E-state index contributed by atoms with van der Waals surface area (Å²) < 4.78 is 0. The molecule has 1 aliphatic heterocycles. The van der Waals surface area contributed by atoms with Crippen LogP contribution in [0.1, 0.15) is 15.9 Å². The van der Waals surface area contributed by atoms with Crippen molar-refractivity contribution >= 4 is 22.2 Å². The molecule has 0 spiro atoms. The summed E-state index contributed by atoms with van der Waals surface area (Å²) in [6.07, 6.45) is 0.766. The zero-order chi connectivity index (χ0) is 14.2. The molecule has 0 bridgehead atoms. The highest BCUT2D eigenvalue weighted by atomic mass is 16.1. The van der Waals surface area contributed by atoms with Gasteiger partial charge >= 0.3 is 0 Å². The zero-order valence-electron chi connectivity index (χ0n) is 11.5. The molecule has 4 rings (SSSR count). The van der Waals surface area contributed by atoms with Gasteiger partial charge in [-0.15, -0.1) is 0 Å². The second-order valence-electron chi connectivity index (χ2n) is 5.48. The van der Waals surface area contributed by atoms with Crippen LogP contribution in [-0.4, -0.2) is 11.8 Å². The van der Waals surface area contributed by atoms with E-state index in [2.05, 4.69) is 17.4 Å². The van der Waals surface area contributed by atoms with Crippen LogP contribution in [-0.2, 0) is 6.42 Å². The Labute approximate surface area is 123 Å². The Bertz CT molecular complexity index is 813. The monoisotopic (exact) mass is 273 g/mol. The van der Waals surface area contributed by atoms with Gasteiger partial charge in [-0.3, -0.25) is 4.79 Å². The van der Waals surface area contributed by atoms with Crippen molar-refractivity contribution < 1.29 is 4.79 Å². The van der Waals surface area contributed by atoms with Crippen LogP contribution in [0.5, 0.6) is 0 Å². The highest BCUT2D eigenvalue weighted by Gasteiger charge is 2.27. The van der Waals surface area contributed by atoms with E-state index in [1.807, 2.05) is 54.6 Å². The van der Waals surface area contributed by atoms with Crippen molar-refractivity contribution in [2.75, 3.05) is 5.32 Å². The van der Waals surface area contributed by atoms with E-state index >= 15 is 0 Å². The highest BCUT2D eigenvalue weighted by molar-refractivity contribution is 6.05. The van der Waals surface area contributed by atoms with Gasteiger partial charge < -0.3 is 5.32 Å². The van der Waals surface area contributed by atoms with Crippen LogP contribution < -0.4 is 5.32 Å². The molecular weight excluding hydrogens is 258 g/mol. The van der Waals surface area contributed by atoms with Crippen LogP contribution in [0.15, 0.2) is 66.7 Å². The Kier molecular flexibility index (Phi) is 2.74. The molecule has 1 aliphatic rings. The quantitative estimate of drug-likeness (QED) is 0.713. The van der Waals surface area contributed by atoms with Crippen LogP contribution in [0.2, 0.25) is 0 Å². The summed E-state index contributed by atoms with van der Waals surface area (Å²) >= 11 is 0. The average Bonchev–Trinajstić information content (AvgIpc) is 2.97. The van der Waals surface area contributed by atoms with Gasteiger partial charge in [0.15, 0.2) is 5.78 Å². The second kappa shape index (κ2) is 4.74. The molecule has 1 unspecified atom stereocenters. The minimum absolute atomic E-state index is 0.149. The van der Waals surface area contributed by atoms with Crippen molar-refractivity contribution in [3.63, 3.8) is 0 Å². The van der Waals surface area contributed by atoms with E-state index in [4.69, 9.17) is 0 Å². The SMILES string of the molecule is O=C(c1ccc2ccccc2c1)C1Cc2ccccc2N1. The predicted octanol–water partition coefficient (Wildman–Crippen LogP) is 4.06. The van der Waals surface area contributed by atoms with Gasteiger partial charge in [0, 0.05) is 17.7 Å². The van der Waals surface area contributed by atoms with Crippen LogP contribution in [0.4, 0.5) is 5.69 Å². The lowest BCUT2D eigenvalue weighted by Gasteiger charge is -2.11. The van der Waals surface area contributed by atoms with Crippen LogP contribution in [0.3, 0.4) is 0 Å². The average molecular weight is 273 g/mol. The molecule has 0 saturated heterocycles. The third-order valence-corrected chi connectivity index (χ3v) is 4.12. The van der Waals surface area contributed by atoms with Gasteiger partial charge in [-0.05, 0) is 28.5 Å². The third-order valence-electron chi connectivity index (χ3n) is 4.12. The first-order valence-electron chi connectivity index (χ1n) is 7.19. The van der Waals surface area contributed by atoms with E-state index in [1.54, 1.807) is 0 Å². The molecule has 2 nitrogen and oxygen atoms in total. The van der Waals surface area contributed by atoms with Gasteiger partial charge in [0.2, 0.25) is 0 Å². The number of anilines is 1. The Morgan fingerprint density at radius 2 is 1.67 bits per heavy atom. The largest absolute Gasteiger partial charge is 0.374 e. The van der Waals surface area contributed by atoms with Crippen molar-refractivity contribution in [2.45, 2.75) is 12.5 Å². The van der Waals surface area contributed by atoms with Crippen LogP contribution in [0.25, 0.3) is 10.8 Å². The number of ketones is 1. The lowest BCUT2D eigenvalue weighted by atomic mass is 9.98. The van der Waals surface area contributed by atoms with Gasteiger partial charge in [-0.25, -0.2) is 0 Å². The van der Waals surface area contributed by atoms with E-state index in [0.717, 1.165) is 28.4 Å². The minimum Gasteiger partial charge on any atom is -0.374 e. The molecule has 2 heteroatoms. The van der Waals surface area contributed by atoms with E-state index < -0.39 is 0 Å². The molecule has 102 valence electrons. The molecule has 0 saturated carbocycles. The summed E-state index contributed by atoms with van der Waals surface area (Å²) in [6, 6.07) is 22.0. The van der Waals surface area contributed by atoms with Gasteiger partial charge in [0.25, 0.3) is 0 Å². The maximum atomic E-state index is 12.7. The normalized spacial score (nSPS) is 16.5. The summed E-state index contributed by atoms with van der Waals surface area (Å²) in [5.41, 5.74) is 3.08. The van der Waals surface area contributed by atoms with Crippen molar-refractivity contribution in [3.05, 3.63) is 77.9 Å². The van der Waals surface area contributed by atoms with Gasteiger partial charge in [-0.2, -0.15) is 0 Å². The minimum atomic E-state index is -0.149. The number of carbonyl (C=O) groups is 1. The van der Waals surface area contributed by atoms with Crippen molar-refractivity contribution in [1.82, 2.24) is 0 Å². The van der Waals surface area contributed by atoms with Crippen molar-refractivity contribution in [3.8, 4) is 0 Å². The maximum absolute atomic E-state index is 12.7. The molecule has 3 aromatic rings. The fourth-order valence-electron chi connectivity index (χ4n) is 3.00. The number of para-hydroxylation sites is 1. The molecule has 1 N–H and O–H groups in total. The maximum Gasteiger partial charge on any atom is 0.185 e. The Hall–Kier alpha value is -2.61. The first-order chi connectivity index (χ1) is 10.3. The van der Waals surface area contributed by atoms with Crippen molar-refractivity contribution in [2.24, 2.45) is 0 Å². The summed E-state index contributed by atoms with van der Waals surface area (Å²) in [5.74, 6) is 0.164. The van der Waals surface area contributed by atoms with E-state index in [9.17, 15) is 4.79 Å².